The molecule has 1 rings (SSSR count). The van der Waals surface area contributed by atoms with E-state index in [4.69, 9.17) is 11.6 Å². The van der Waals surface area contributed by atoms with Crippen LogP contribution in [0.2, 0.25) is 0 Å². The van der Waals surface area contributed by atoms with Crippen LogP contribution in [0.4, 0.5) is 0 Å². The first-order valence-corrected chi connectivity index (χ1v) is 7.21. The first kappa shape index (κ1) is 13.4. The van der Waals surface area contributed by atoms with Crippen LogP contribution < -0.4 is 0 Å². The summed E-state index contributed by atoms with van der Waals surface area (Å²) >= 11 is 6.29. The molecule has 0 bridgehead atoms. The van der Waals surface area contributed by atoms with Crippen LogP contribution >= 0.6 is 11.6 Å². The molecule has 1 aliphatic carbocycles. The summed E-state index contributed by atoms with van der Waals surface area (Å²) in [4.78, 5) is 0. The smallest absolute Gasteiger partial charge is 0.0359 e. The molecule has 0 saturated heterocycles. The van der Waals surface area contributed by atoms with Gasteiger partial charge in [0, 0.05) is 5.38 Å². The zero-order valence-corrected chi connectivity index (χ0v) is 11.4. The normalized spacial score (nSPS) is 29.4. The molecule has 1 saturated carbocycles. The van der Waals surface area contributed by atoms with E-state index in [2.05, 4.69) is 20.8 Å². The summed E-state index contributed by atoms with van der Waals surface area (Å²) in [6.45, 7) is 6.79. The molecule has 1 unspecified atom stereocenters. The van der Waals surface area contributed by atoms with Crippen LogP contribution in [-0.2, 0) is 0 Å². The van der Waals surface area contributed by atoms with Crippen LogP contribution in [0.25, 0.3) is 0 Å². The molecule has 15 heavy (non-hydrogen) atoms. The fourth-order valence-electron chi connectivity index (χ4n) is 2.66. The molecule has 0 spiro atoms. The van der Waals surface area contributed by atoms with Crippen LogP contribution in [0.5, 0.6) is 0 Å². The van der Waals surface area contributed by atoms with Gasteiger partial charge in [0.05, 0.1) is 0 Å². The van der Waals surface area contributed by atoms with Crippen molar-refractivity contribution in [2.75, 3.05) is 0 Å². The van der Waals surface area contributed by atoms with E-state index in [1.165, 1.54) is 44.9 Å². The first-order valence-electron chi connectivity index (χ1n) is 6.77. The van der Waals surface area contributed by atoms with Gasteiger partial charge in [0.2, 0.25) is 0 Å². The summed E-state index contributed by atoms with van der Waals surface area (Å²) in [5.41, 5.74) is 0. The maximum absolute atomic E-state index is 6.29. The Bertz CT molecular complexity index is 157. The summed E-state index contributed by atoms with van der Waals surface area (Å²) in [5, 5.41) is 0.397. The number of alkyl halides is 1. The molecule has 1 fully saturated rings. The van der Waals surface area contributed by atoms with Gasteiger partial charge < -0.3 is 0 Å². The van der Waals surface area contributed by atoms with E-state index >= 15 is 0 Å². The van der Waals surface area contributed by atoms with Gasteiger partial charge in [0.1, 0.15) is 0 Å². The van der Waals surface area contributed by atoms with Gasteiger partial charge >= 0.3 is 0 Å². The highest BCUT2D eigenvalue weighted by Gasteiger charge is 2.21. The standard InChI is InChI=1S/C14H27Cl/c1-4-12-5-7-13(8-6-12)9-10-14(15)11(2)3/h11-14H,4-10H2,1-3H3. The summed E-state index contributed by atoms with van der Waals surface area (Å²) in [6.07, 6.45) is 9.83. The van der Waals surface area contributed by atoms with E-state index in [0.29, 0.717) is 11.3 Å². The zero-order valence-electron chi connectivity index (χ0n) is 10.6. The van der Waals surface area contributed by atoms with Gasteiger partial charge in [-0.1, -0.05) is 52.9 Å². The van der Waals surface area contributed by atoms with Crippen molar-refractivity contribution in [1.82, 2.24) is 0 Å². The second-order valence-corrected chi connectivity index (χ2v) is 6.19. The Labute approximate surface area is 101 Å². The molecule has 0 aromatic heterocycles. The van der Waals surface area contributed by atoms with Crippen molar-refractivity contribution in [2.24, 2.45) is 17.8 Å². The largest absolute Gasteiger partial charge is 0.123 e. The van der Waals surface area contributed by atoms with Crippen LogP contribution in [0.3, 0.4) is 0 Å². The molecule has 0 amide bonds. The molecular weight excluding hydrogens is 204 g/mol. The second kappa shape index (κ2) is 6.78. The monoisotopic (exact) mass is 230 g/mol. The summed E-state index contributed by atoms with van der Waals surface area (Å²) in [6, 6.07) is 0. The molecule has 0 aromatic carbocycles. The van der Waals surface area contributed by atoms with Gasteiger partial charge in [0.25, 0.3) is 0 Å². The molecule has 0 N–H and O–H groups in total. The molecule has 1 aliphatic rings. The van der Waals surface area contributed by atoms with Crippen molar-refractivity contribution < 1.29 is 0 Å². The Kier molecular flexibility index (Phi) is 6.04. The van der Waals surface area contributed by atoms with Crippen molar-refractivity contribution in [3.05, 3.63) is 0 Å². The average Bonchev–Trinajstić information content (AvgIpc) is 2.26. The Morgan fingerprint density at radius 1 is 1.07 bits per heavy atom. The fourth-order valence-corrected chi connectivity index (χ4v) is 2.78. The minimum atomic E-state index is 0.397. The molecule has 0 aromatic rings. The topological polar surface area (TPSA) is 0 Å². The van der Waals surface area contributed by atoms with Crippen LogP contribution in [-0.4, -0.2) is 5.38 Å². The third kappa shape index (κ3) is 4.76. The number of hydrogen-bond acceptors (Lipinski definition) is 0. The highest BCUT2D eigenvalue weighted by atomic mass is 35.5. The molecule has 90 valence electrons. The highest BCUT2D eigenvalue weighted by molar-refractivity contribution is 6.20. The Balaban J connectivity index is 2.13. The van der Waals surface area contributed by atoms with Crippen molar-refractivity contribution >= 4 is 11.6 Å². The average molecular weight is 231 g/mol. The molecular formula is C14H27Cl. The Morgan fingerprint density at radius 2 is 1.60 bits per heavy atom. The van der Waals surface area contributed by atoms with Gasteiger partial charge in [-0.2, -0.15) is 0 Å². The van der Waals surface area contributed by atoms with Crippen molar-refractivity contribution in [3.8, 4) is 0 Å². The predicted octanol–water partition coefficient (Wildman–Crippen LogP) is 5.25. The first-order chi connectivity index (χ1) is 7.13. The predicted molar refractivity (Wildman–Crippen MR) is 69.5 cm³/mol. The summed E-state index contributed by atoms with van der Waals surface area (Å²) < 4.78 is 0. The number of hydrogen-bond donors (Lipinski definition) is 0. The van der Waals surface area contributed by atoms with Crippen molar-refractivity contribution in [3.63, 3.8) is 0 Å². The molecule has 0 radical (unpaired) electrons. The number of rotatable bonds is 5. The van der Waals surface area contributed by atoms with Gasteiger partial charge in [-0.25, -0.2) is 0 Å². The van der Waals surface area contributed by atoms with Crippen LogP contribution in [0, 0.1) is 17.8 Å². The third-order valence-corrected chi connectivity index (χ3v) is 4.84. The Morgan fingerprint density at radius 3 is 2.07 bits per heavy atom. The van der Waals surface area contributed by atoms with Gasteiger partial charge in [-0.05, 0) is 30.6 Å². The van der Waals surface area contributed by atoms with Crippen molar-refractivity contribution in [2.45, 2.75) is 71.1 Å². The van der Waals surface area contributed by atoms with Crippen LogP contribution in [0.1, 0.15) is 65.7 Å². The van der Waals surface area contributed by atoms with E-state index in [9.17, 15) is 0 Å². The van der Waals surface area contributed by atoms with Crippen LogP contribution in [0.15, 0.2) is 0 Å². The van der Waals surface area contributed by atoms with Gasteiger partial charge in [-0.3, -0.25) is 0 Å². The van der Waals surface area contributed by atoms with E-state index in [1.54, 1.807) is 0 Å². The fraction of sp³-hybridized carbons (Fsp3) is 1.00. The van der Waals surface area contributed by atoms with E-state index in [-0.39, 0.29) is 0 Å². The molecule has 0 heterocycles. The maximum atomic E-state index is 6.29. The number of halogens is 1. The molecule has 0 aliphatic heterocycles. The third-order valence-electron chi connectivity index (χ3n) is 4.12. The summed E-state index contributed by atoms with van der Waals surface area (Å²) in [7, 11) is 0. The lowest BCUT2D eigenvalue weighted by Gasteiger charge is -2.28. The van der Waals surface area contributed by atoms with E-state index < -0.39 is 0 Å². The van der Waals surface area contributed by atoms with E-state index in [1.807, 2.05) is 0 Å². The summed E-state index contributed by atoms with van der Waals surface area (Å²) in [5.74, 6) is 2.64. The quantitative estimate of drug-likeness (QED) is 0.566. The van der Waals surface area contributed by atoms with Gasteiger partial charge in [-0.15, -0.1) is 11.6 Å². The maximum Gasteiger partial charge on any atom is 0.0359 e. The lowest BCUT2D eigenvalue weighted by molar-refractivity contribution is 0.252. The lowest BCUT2D eigenvalue weighted by Crippen LogP contribution is -2.16. The molecule has 0 nitrogen and oxygen atoms in total. The zero-order chi connectivity index (χ0) is 11.3. The SMILES string of the molecule is CCC1CCC(CCC(Cl)C(C)C)CC1. The molecule has 1 heteroatoms. The van der Waals surface area contributed by atoms with Gasteiger partial charge in [0.15, 0.2) is 0 Å². The second-order valence-electron chi connectivity index (χ2n) is 5.63. The lowest BCUT2D eigenvalue weighted by atomic mass is 9.78. The Hall–Kier alpha value is 0.290. The molecule has 1 atom stereocenters. The minimum absolute atomic E-state index is 0.397. The highest BCUT2D eigenvalue weighted by Crippen LogP contribution is 2.34. The minimum Gasteiger partial charge on any atom is -0.123 e. The van der Waals surface area contributed by atoms with E-state index in [0.717, 1.165) is 11.8 Å². The van der Waals surface area contributed by atoms with Crippen molar-refractivity contribution in [1.29, 1.82) is 0 Å².